The summed E-state index contributed by atoms with van der Waals surface area (Å²) in [6.07, 6.45) is -7.85. The van der Waals surface area contributed by atoms with Crippen LogP contribution in [0.25, 0.3) is 22.2 Å². The minimum absolute atomic E-state index is 0.101. The second kappa shape index (κ2) is 10.0. The molecule has 4 aromatic rings. The van der Waals surface area contributed by atoms with Gasteiger partial charge in [-0.05, 0) is 0 Å². The molecule has 11 N–H and O–H groups in total. The maximum atomic E-state index is 13.5. The summed E-state index contributed by atoms with van der Waals surface area (Å²) in [6, 6.07) is 0. The van der Waals surface area contributed by atoms with Gasteiger partial charge in [-0.25, -0.2) is 15.0 Å². The van der Waals surface area contributed by atoms with E-state index >= 15 is 0 Å². The normalized spacial score (nSPS) is 31.7. The van der Waals surface area contributed by atoms with Gasteiger partial charge in [0.2, 0.25) is 5.95 Å². The van der Waals surface area contributed by atoms with E-state index < -0.39 is 74.9 Å². The van der Waals surface area contributed by atoms with E-state index in [1.165, 1.54) is 6.33 Å². The fourth-order valence-corrected chi connectivity index (χ4v) is 6.69. The van der Waals surface area contributed by atoms with Crippen molar-refractivity contribution in [1.82, 2.24) is 39.7 Å². The molecule has 0 spiro atoms. The summed E-state index contributed by atoms with van der Waals surface area (Å²) in [7, 11) is -4.88. The van der Waals surface area contributed by atoms with Gasteiger partial charge in [0, 0.05) is 0 Å². The molecular weight excluding hydrogens is 571 g/mol. The van der Waals surface area contributed by atoms with Crippen molar-refractivity contribution in [2.45, 2.75) is 48.5 Å². The fourth-order valence-electron chi connectivity index (χ4n) is 5.04. The lowest BCUT2D eigenvalue weighted by Gasteiger charge is -2.27. The van der Waals surface area contributed by atoms with Gasteiger partial charge in [-0.15, -0.1) is 0 Å². The number of aliphatic hydroxyl groups is 4. The number of hydrogen-bond donors (Lipinski definition) is 9. The van der Waals surface area contributed by atoms with Gasteiger partial charge in [0.25, 0.3) is 5.56 Å². The molecular formula is C20H25N10O10P. The van der Waals surface area contributed by atoms with Crippen molar-refractivity contribution in [3.63, 3.8) is 0 Å². The second-order valence-electron chi connectivity index (χ2n) is 9.53. The Morgan fingerprint density at radius 3 is 2.61 bits per heavy atom. The van der Waals surface area contributed by atoms with Crippen LogP contribution in [0.1, 0.15) is 18.0 Å². The molecule has 1 unspecified atom stereocenters. The number of hydrogen-bond acceptors (Lipinski definition) is 16. The SMILES string of the molecule is Nc1nc2c(ncn2[C@@H]2O[C@H](CO)[C@@H](O)[C@H]2P(=O)(O)OC[C@H]2O[C@@H](c3n[nH]c4c(N)ncnc34)[C@H](O)[C@@H]2O)c(=O)[nH]1. The second-order valence-corrected chi connectivity index (χ2v) is 11.5. The Balaban J connectivity index is 1.25. The summed E-state index contributed by atoms with van der Waals surface area (Å²) < 4.78 is 31.4. The molecule has 0 amide bonds. The van der Waals surface area contributed by atoms with E-state index in [1.54, 1.807) is 0 Å². The number of nitrogens with one attached hydrogen (secondary N) is 2. The lowest BCUT2D eigenvalue weighted by atomic mass is 10.1. The minimum Gasteiger partial charge on any atom is -0.394 e. The Hall–Kier alpha value is -3.59. The van der Waals surface area contributed by atoms with Gasteiger partial charge in [0.15, 0.2) is 23.2 Å². The Labute approximate surface area is 227 Å². The third-order valence-corrected chi connectivity index (χ3v) is 8.91. The summed E-state index contributed by atoms with van der Waals surface area (Å²) in [4.78, 5) is 41.3. The molecule has 6 rings (SSSR count). The van der Waals surface area contributed by atoms with Crippen LogP contribution in [0.4, 0.5) is 11.8 Å². The van der Waals surface area contributed by atoms with E-state index in [0.717, 1.165) is 10.9 Å². The third-order valence-electron chi connectivity index (χ3n) is 7.08. The first-order valence-electron chi connectivity index (χ1n) is 12.1. The van der Waals surface area contributed by atoms with Gasteiger partial charge in [-0.2, -0.15) is 10.1 Å². The number of nitrogen functional groups attached to an aromatic ring is 2. The van der Waals surface area contributed by atoms with E-state index in [1.807, 2.05) is 0 Å². The average molecular weight is 596 g/mol. The van der Waals surface area contributed by atoms with Crippen LogP contribution in [-0.4, -0.2) is 114 Å². The number of anilines is 2. The molecule has 21 heteroatoms. The zero-order valence-corrected chi connectivity index (χ0v) is 21.6. The number of fused-ring (bicyclic) bond motifs is 2. The number of H-pyrrole nitrogens is 2. The van der Waals surface area contributed by atoms with Gasteiger partial charge < -0.3 is 50.8 Å². The van der Waals surface area contributed by atoms with Crippen molar-refractivity contribution >= 4 is 41.6 Å². The molecule has 2 aliphatic rings. The fraction of sp³-hybridized carbons (Fsp3) is 0.500. The highest BCUT2D eigenvalue weighted by Crippen LogP contribution is 2.57. The zero-order chi connectivity index (χ0) is 29.2. The highest BCUT2D eigenvalue weighted by Gasteiger charge is 2.56. The summed E-state index contributed by atoms with van der Waals surface area (Å²) in [6.45, 7) is -1.43. The number of aromatic nitrogens is 8. The molecule has 9 atom stereocenters. The predicted molar refractivity (Wildman–Crippen MR) is 135 cm³/mol. The van der Waals surface area contributed by atoms with E-state index in [4.69, 9.17) is 25.5 Å². The largest absolute Gasteiger partial charge is 0.394 e. The monoisotopic (exact) mass is 596 g/mol. The lowest BCUT2D eigenvalue weighted by Crippen LogP contribution is -2.36. The highest BCUT2D eigenvalue weighted by atomic mass is 31.2. The minimum atomic E-state index is -4.88. The van der Waals surface area contributed by atoms with Gasteiger partial charge in [-0.1, -0.05) is 0 Å². The molecule has 41 heavy (non-hydrogen) atoms. The average Bonchev–Trinajstić information content (AvgIpc) is 3.68. The Morgan fingerprint density at radius 1 is 1.07 bits per heavy atom. The first-order chi connectivity index (χ1) is 19.5. The molecule has 0 aliphatic carbocycles. The molecule has 4 aromatic heterocycles. The third kappa shape index (κ3) is 4.45. The van der Waals surface area contributed by atoms with Crippen LogP contribution in [0.5, 0.6) is 0 Å². The van der Waals surface area contributed by atoms with Crippen molar-refractivity contribution in [3.8, 4) is 0 Å². The molecule has 0 saturated carbocycles. The number of aromatic amines is 2. The van der Waals surface area contributed by atoms with Crippen molar-refractivity contribution in [3.05, 3.63) is 28.7 Å². The number of nitrogens with two attached hydrogens (primary N) is 2. The van der Waals surface area contributed by atoms with Crippen LogP contribution in [0.3, 0.4) is 0 Å². The van der Waals surface area contributed by atoms with E-state index in [-0.39, 0.29) is 39.7 Å². The molecule has 2 aliphatic heterocycles. The summed E-state index contributed by atoms with van der Waals surface area (Å²) in [5.74, 6) is -0.162. The van der Waals surface area contributed by atoms with Crippen LogP contribution in [-0.2, 0) is 18.6 Å². The summed E-state index contributed by atoms with van der Waals surface area (Å²) in [5, 5.41) is 48.5. The Bertz CT molecular complexity index is 1710. The molecule has 0 aromatic carbocycles. The van der Waals surface area contributed by atoms with Crippen molar-refractivity contribution < 1.29 is 43.9 Å². The van der Waals surface area contributed by atoms with Crippen molar-refractivity contribution in [2.24, 2.45) is 0 Å². The molecule has 0 bridgehead atoms. The molecule has 6 heterocycles. The van der Waals surface area contributed by atoms with Crippen molar-refractivity contribution in [2.75, 3.05) is 24.7 Å². The van der Waals surface area contributed by atoms with Crippen molar-refractivity contribution in [1.29, 1.82) is 0 Å². The first kappa shape index (κ1) is 27.6. The van der Waals surface area contributed by atoms with Gasteiger partial charge in [0.1, 0.15) is 65.3 Å². The molecule has 2 fully saturated rings. The van der Waals surface area contributed by atoms with Gasteiger partial charge >= 0.3 is 7.60 Å². The number of ether oxygens (including phenoxy) is 2. The number of imidazole rings is 1. The molecule has 0 radical (unpaired) electrons. The van der Waals surface area contributed by atoms with Crippen LogP contribution in [0.15, 0.2) is 17.4 Å². The standard InChI is InChI=1S/C20H25N10O10P/c21-16-9-7(23-3-24-16)8(28-29-9)14-13(34)11(32)6(39-14)2-38-41(36,37)15-12(33)5(1-31)40-19(15)30-4-25-10-17(30)26-20(22)27-18(10)35/h3-6,11-15,19,31-34H,1-2H2,(H,28,29)(H,36,37)(H2,21,23,24)(H3,22,26,27,35)/t5-,6-,11-,12-,13-,14+,15-,19-/m1/s1. The zero-order valence-electron chi connectivity index (χ0n) is 20.8. The maximum Gasteiger partial charge on any atom is 0.338 e. The van der Waals surface area contributed by atoms with E-state index in [2.05, 4.69) is 35.1 Å². The maximum absolute atomic E-state index is 13.5. The predicted octanol–water partition coefficient (Wildman–Crippen LogP) is -3.37. The number of rotatable bonds is 7. The van der Waals surface area contributed by atoms with Crippen LogP contribution >= 0.6 is 7.60 Å². The summed E-state index contributed by atoms with van der Waals surface area (Å²) >= 11 is 0. The number of nitrogens with zero attached hydrogens (tertiary/aromatic N) is 6. The highest BCUT2D eigenvalue weighted by molar-refractivity contribution is 7.53. The Morgan fingerprint density at radius 2 is 1.85 bits per heavy atom. The molecule has 220 valence electrons. The Kier molecular flexibility index (Phi) is 6.76. The molecule has 20 nitrogen and oxygen atoms in total. The number of aliphatic hydroxyl groups excluding tert-OH is 4. The summed E-state index contributed by atoms with van der Waals surface area (Å²) in [5.41, 5.74) is 9.43. The van der Waals surface area contributed by atoms with E-state index in [0.29, 0.717) is 0 Å². The smallest absolute Gasteiger partial charge is 0.338 e. The van der Waals surface area contributed by atoms with Gasteiger partial charge in [-0.3, -0.25) is 24.0 Å². The molecule has 2 saturated heterocycles. The quantitative estimate of drug-likeness (QED) is 0.0940. The topological polar surface area (TPSA) is 316 Å². The van der Waals surface area contributed by atoms with Gasteiger partial charge in [0.05, 0.1) is 19.5 Å². The van der Waals surface area contributed by atoms with Crippen LogP contribution in [0, 0.1) is 0 Å². The van der Waals surface area contributed by atoms with Crippen LogP contribution < -0.4 is 17.0 Å². The first-order valence-corrected chi connectivity index (χ1v) is 13.8. The lowest BCUT2D eigenvalue weighted by molar-refractivity contribution is -0.0435. The van der Waals surface area contributed by atoms with Crippen LogP contribution in [0.2, 0.25) is 0 Å². The van der Waals surface area contributed by atoms with E-state index in [9.17, 15) is 34.7 Å².